The van der Waals surface area contributed by atoms with E-state index in [0.717, 1.165) is 12.5 Å². The molecule has 0 saturated carbocycles. The van der Waals surface area contributed by atoms with E-state index in [4.69, 9.17) is 0 Å². The van der Waals surface area contributed by atoms with Crippen LogP contribution < -0.4 is 4.90 Å². The summed E-state index contributed by atoms with van der Waals surface area (Å²) in [7, 11) is 0. The number of para-hydroxylation sites is 2. The molecule has 1 aliphatic heterocycles. The van der Waals surface area contributed by atoms with Crippen molar-refractivity contribution < 1.29 is 0 Å². The normalized spacial score (nSPS) is 16.8. The van der Waals surface area contributed by atoms with E-state index in [-0.39, 0.29) is 0 Å². The van der Waals surface area contributed by atoms with Crippen molar-refractivity contribution in [3.63, 3.8) is 0 Å². The molecule has 1 atom stereocenters. The minimum absolute atomic E-state index is 0.792. The van der Waals surface area contributed by atoms with Crippen molar-refractivity contribution in [1.82, 2.24) is 0 Å². The fourth-order valence-corrected chi connectivity index (χ4v) is 5.43. The predicted octanol–water partition coefficient (Wildman–Crippen LogP) is 8.22. The molecule has 0 spiro atoms. The maximum atomic E-state index is 2.46. The number of aryl methyl sites for hydroxylation is 1. The lowest BCUT2D eigenvalue weighted by atomic mass is 9.84. The molecule has 5 rings (SSSR count). The Kier molecular flexibility index (Phi) is 6.61. The van der Waals surface area contributed by atoms with Crippen molar-refractivity contribution in [1.29, 1.82) is 0 Å². The smallest absolute Gasteiger partial charge is 0.0552 e. The first-order valence-electron chi connectivity index (χ1n) is 11.0. The van der Waals surface area contributed by atoms with Crippen LogP contribution in [0.1, 0.15) is 56.6 Å². The van der Waals surface area contributed by atoms with Gasteiger partial charge in [-0.2, -0.15) is 0 Å². The molecular formula is C27H31NS. The number of anilines is 2. The zero-order valence-electron chi connectivity index (χ0n) is 17.6. The molecule has 29 heavy (non-hydrogen) atoms. The number of benzene rings is 3. The summed E-state index contributed by atoms with van der Waals surface area (Å²) in [6.07, 6.45) is 6.50. The van der Waals surface area contributed by atoms with E-state index >= 15 is 0 Å². The number of rotatable bonds is 3. The quantitative estimate of drug-likeness (QED) is 0.435. The van der Waals surface area contributed by atoms with Gasteiger partial charge in [0, 0.05) is 16.3 Å². The molecule has 150 valence electrons. The van der Waals surface area contributed by atoms with E-state index in [1.807, 2.05) is 11.8 Å². The van der Waals surface area contributed by atoms with E-state index in [1.165, 1.54) is 53.3 Å². The molecular weight excluding hydrogens is 370 g/mol. The Morgan fingerprint density at radius 2 is 1.48 bits per heavy atom. The van der Waals surface area contributed by atoms with Gasteiger partial charge in [-0.25, -0.2) is 0 Å². The average Bonchev–Trinajstić information content (AvgIpc) is 2.77. The molecule has 0 bridgehead atoms. The summed E-state index contributed by atoms with van der Waals surface area (Å²) in [5.74, 6) is 0.792. The van der Waals surface area contributed by atoms with E-state index in [1.54, 1.807) is 11.1 Å². The number of nitrogens with zero attached hydrogens (tertiary/aromatic N) is 1. The van der Waals surface area contributed by atoms with Crippen molar-refractivity contribution in [2.24, 2.45) is 0 Å². The summed E-state index contributed by atoms with van der Waals surface area (Å²) < 4.78 is 0. The van der Waals surface area contributed by atoms with Crippen LogP contribution in [-0.2, 0) is 6.42 Å². The highest BCUT2D eigenvalue weighted by Gasteiger charge is 2.21. The first kappa shape index (κ1) is 20.1. The molecule has 1 nitrogen and oxygen atoms in total. The lowest BCUT2D eigenvalue weighted by molar-refractivity contribution is 0.590. The SMILES string of the molecule is CC1CCCc2ccccc21.CCCCN1c2ccccc2Sc2ccccc21. The summed E-state index contributed by atoms with van der Waals surface area (Å²) in [5.41, 5.74) is 5.87. The van der Waals surface area contributed by atoms with Crippen LogP contribution >= 0.6 is 11.8 Å². The predicted molar refractivity (Wildman–Crippen MR) is 127 cm³/mol. The highest BCUT2D eigenvalue weighted by molar-refractivity contribution is 7.99. The Balaban J connectivity index is 0.000000159. The minimum Gasteiger partial charge on any atom is -0.340 e. The lowest BCUT2D eigenvalue weighted by Crippen LogP contribution is -2.21. The Hall–Kier alpha value is -2.19. The van der Waals surface area contributed by atoms with Crippen LogP contribution in [0.3, 0.4) is 0 Å². The second-order valence-corrected chi connectivity index (χ2v) is 9.12. The number of fused-ring (bicyclic) bond motifs is 3. The van der Waals surface area contributed by atoms with Crippen LogP contribution in [0, 0.1) is 0 Å². The molecule has 1 heterocycles. The minimum atomic E-state index is 0.792. The maximum Gasteiger partial charge on any atom is 0.0552 e. The van der Waals surface area contributed by atoms with Crippen molar-refractivity contribution in [3.05, 3.63) is 83.9 Å². The van der Waals surface area contributed by atoms with Gasteiger partial charge in [-0.15, -0.1) is 0 Å². The van der Waals surface area contributed by atoms with Crippen LogP contribution in [0.15, 0.2) is 82.6 Å². The molecule has 0 N–H and O–H groups in total. The van der Waals surface area contributed by atoms with Crippen LogP contribution in [0.2, 0.25) is 0 Å². The molecule has 0 radical (unpaired) electrons. The van der Waals surface area contributed by atoms with Gasteiger partial charge in [0.2, 0.25) is 0 Å². The third-order valence-electron chi connectivity index (χ3n) is 5.94. The molecule has 3 aromatic carbocycles. The fraction of sp³-hybridized carbons (Fsp3) is 0.333. The molecule has 0 amide bonds. The highest BCUT2D eigenvalue weighted by atomic mass is 32.2. The molecule has 1 unspecified atom stereocenters. The zero-order chi connectivity index (χ0) is 20.1. The second-order valence-electron chi connectivity index (χ2n) is 8.03. The molecule has 0 aromatic heterocycles. The largest absolute Gasteiger partial charge is 0.340 e. The van der Waals surface area contributed by atoms with Gasteiger partial charge in [-0.3, -0.25) is 0 Å². The van der Waals surface area contributed by atoms with Gasteiger partial charge in [0.15, 0.2) is 0 Å². The van der Waals surface area contributed by atoms with Gasteiger partial charge in [0.05, 0.1) is 11.4 Å². The number of unbranched alkanes of at least 4 members (excludes halogenated alkanes) is 1. The Bertz CT molecular complexity index is 903. The van der Waals surface area contributed by atoms with Crippen molar-refractivity contribution in [3.8, 4) is 0 Å². The van der Waals surface area contributed by atoms with E-state index in [2.05, 4.69) is 91.5 Å². The number of hydrogen-bond donors (Lipinski definition) is 0. The van der Waals surface area contributed by atoms with E-state index in [9.17, 15) is 0 Å². The standard InChI is InChI=1S/C16H17NS.C11H14/c1-2-3-12-17-13-8-4-6-10-15(13)18-16-11-7-5-9-14(16)17;1-9-5-4-7-10-6-2-3-8-11(9)10/h4-11H,2-3,12H2,1H3;2-3,6,8-9H,4-5,7H2,1H3. The summed E-state index contributed by atoms with van der Waals surface area (Å²) in [6, 6.07) is 26.3. The van der Waals surface area contributed by atoms with Crippen molar-refractivity contribution >= 4 is 23.1 Å². The van der Waals surface area contributed by atoms with Crippen LogP contribution in [-0.4, -0.2) is 6.54 Å². The third kappa shape index (κ3) is 4.53. The monoisotopic (exact) mass is 401 g/mol. The molecule has 3 aromatic rings. The van der Waals surface area contributed by atoms with Gasteiger partial charge in [0.1, 0.15) is 0 Å². The molecule has 2 heteroatoms. The van der Waals surface area contributed by atoms with Gasteiger partial charge in [0.25, 0.3) is 0 Å². The Labute approximate surface area is 180 Å². The Morgan fingerprint density at radius 3 is 2.14 bits per heavy atom. The fourth-order valence-electron chi connectivity index (χ4n) is 4.34. The lowest BCUT2D eigenvalue weighted by Gasteiger charge is -2.32. The van der Waals surface area contributed by atoms with Crippen molar-refractivity contribution in [2.75, 3.05) is 11.4 Å². The van der Waals surface area contributed by atoms with E-state index < -0.39 is 0 Å². The molecule has 0 saturated heterocycles. The summed E-state index contributed by atoms with van der Waals surface area (Å²) in [6.45, 7) is 5.68. The molecule has 0 fully saturated rings. The van der Waals surface area contributed by atoms with E-state index in [0.29, 0.717) is 0 Å². The first-order valence-corrected chi connectivity index (χ1v) is 11.8. The highest BCUT2D eigenvalue weighted by Crippen LogP contribution is 2.47. The molecule has 2 aliphatic rings. The van der Waals surface area contributed by atoms with Gasteiger partial charge in [-0.05, 0) is 67.0 Å². The van der Waals surface area contributed by atoms with Crippen molar-refractivity contribution in [2.45, 2.75) is 61.7 Å². The third-order valence-corrected chi connectivity index (χ3v) is 7.07. The second kappa shape index (κ2) is 9.54. The zero-order valence-corrected chi connectivity index (χ0v) is 18.4. The summed E-state index contributed by atoms with van der Waals surface area (Å²) in [5, 5.41) is 0. The average molecular weight is 402 g/mol. The first-order chi connectivity index (χ1) is 14.3. The van der Waals surface area contributed by atoms with Crippen LogP contribution in [0.4, 0.5) is 11.4 Å². The number of hydrogen-bond acceptors (Lipinski definition) is 2. The van der Waals surface area contributed by atoms with Gasteiger partial charge >= 0.3 is 0 Å². The maximum absolute atomic E-state index is 2.46. The topological polar surface area (TPSA) is 3.24 Å². The van der Waals surface area contributed by atoms with Crippen LogP contribution in [0.25, 0.3) is 0 Å². The summed E-state index contributed by atoms with van der Waals surface area (Å²) >= 11 is 1.88. The van der Waals surface area contributed by atoms with Gasteiger partial charge in [-0.1, -0.05) is 80.6 Å². The van der Waals surface area contributed by atoms with Crippen LogP contribution in [0.5, 0.6) is 0 Å². The summed E-state index contributed by atoms with van der Waals surface area (Å²) in [4.78, 5) is 5.20. The molecule has 1 aliphatic carbocycles. The Morgan fingerprint density at radius 1 is 0.862 bits per heavy atom. The van der Waals surface area contributed by atoms with Gasteiger partial charge < -0.3 is 4.90 Å².